The molecule has 0 saturated carbocycles. The molecule has 1 aliphatic heterocycles. The molecule has 3 aromatic rings. The van der Waals surface area contributed by atoms with E-state index in [0.29, 0.717) is 0 Å². The first-order valence-corrected chi connectivity index (χ1v) is 11.1. The highest BCUT2D eigenvalue weighted by atomic mass is 32.1. The van der Waals surface area contributed by atoms with Gasteiger partial charge in [-0.15, -0.1) is 11.3 Å². The van der Waals surface area contributed by atoms with E-state index in [-0.39, 0.29) is 6.10 Å². The van der Waals surface area contributed by atoms with Gasteiger partial charge in [-0.05, 0) is 35.7 Å². The Kier molecular flexibility index (Phi) is 6.70. The first-order valence-electron chi connectivity index (χ1n) is 10.2. The third-order valence-electron chi connectivity index (χ3n) is 5.39. The van der Waals surface area contributed by atoms with Crippen molar-refractivity contribution in [3.63, 3.8) is 0 Å². The first-order chi connectivity index (χ1) is 14.3. The van der Waals surface area contributed by atoms with Crippen LogP contribution in [0, 0.1) is 0 Å². The highest BCUT2D eigenvalue weighted by molar-refractivity contribution is 7.10. The number of benzene rings is 2. The van der Waals surface area contributed by atoms with Gasteiger partial charge in [-0.25, -0.2) is 0 Å². The zero-order valence-electron chi connectivity index (χ0n) is 16.9. The minimum Gasteiger partial charge on any atom is -0.495 e. The molecule has 1 saturated heterocycles. The highest BCUT2D eigenvalue weighted by Crippen LogP contribution is 2.30. The molecular formula is C24H28N2O2S. The molecule has 29 heavy (non-hydrogen) atoms. The van der Waals surface area contributed by atoms with Crippen LogP contribution in [0.2, 0.25) is 0 Å². The number of ether oxygens (including phenoxy) is 2. The van der Waals surface area contributed by atoms with Gasteiger partial charge in [0.25, 0.3) is 0 Å². The Morgan fingerprint density at radius 2 is 1.66 bits per heavy atom. The molecule has 1 fully saturated rings. The van der Waals surface area contributed by atoms with Crippen LogP contribution in [0.1, 0.15) is 17.4 Å². The van der Waals surface area contributed by atoms with Crippen molar-refractivity contribution in [2.45, 2.75) is 12.5 Å². The van der Waals surface area contributed by atoms with Gasteiger partial charge in [0.15, 0.2) is 0 Å². The molecule has 0 bridgehead atoms. The third-order valence-corrected chi connectivity index (χ3v) is 6.35. The Labute approximate surface area is 177 Å². The summed E-state index contributed by atoms with van der Waals surface area (Å²) < 4.78 is 11.9. The van der Waals surface area contributed by atoms with Gasteiger partial charge >= 0.3 is 0 Å². The number of nitrogens with zero attached hydrogens (tertiary/aromatic N) is 2. The van der Waals surface area contributed by atoms with E-state index in [1.807, 2.05) is 42.5 Å². The lowest BCUT2D eigenvalue weighted by Gasteiger charge is -2.37. The van der Waals surface area contributed by atoms with Gasteiger partial charge in [0.1, 0.15) is 17.6 Å². The summed E-state index contributed by atoms with van der Waals surface area (Å²) in [5, 5.41) is 2.13. The molecule has 0 spiro atoms. The molecule has 2 aromatic carbocycles. The molecule has 1 atom stereocenters. The molecule has 5 heteroatoms. The molecule has 0 N–H and O–H groups in total. The quantitative estimate of drug-likeness (QED) is 0.518. The number of hydrogen-bond acceptors (Lipinski definition) is 5. The fraction of sp³-hybridized carbons (Fsp3) is 0.333. The summed E-state index contributed by atoms with van der Waals surface area (Å²) in [6.45, 7) is 5.18. The van der Waals surface area contributed by atoms with Crippen molar-refractivity contribution in [2.24, 2.45) is 0 Å². The summed E-state index contributed by atoms with van der Waals surface area (Å²) in [6.07, 6.45) is 1.09. The van der Waals surface area contributed by atoms with E-state index in [1.165, 1.54) is 10.6 Å². The fourth-order valence-electron chi connectivity index (χ4n) is 3.80. The maximum absolute atomic E-state index is 6.33. The van der Waals surface area contributed by atoms with E-state index in [2.05, 4.69) is 39.4 Å². The average Bonchev–Trinajstić information content (AvgIpc) is 3.32. The summed E-state index contributed by atoms with van der Waals surface area (Å²) in [6, 6.07) is 22.7. The summed E-state index contributed by atoms with van der Waals surface area (Å²) in [7, 11) is 1.74. The van der Waals surface area contributed by atoms with E-state index < -0.39 is 0 Å². The van der Waals surface area contributed by atoms with Crippen LogP contribution in [0.3, 0.4) is 0 Å². The predicted octanol–water partition coefficient (Wildman–Crippen LogP) is 5.09. The second-order valence-electron chi connectivity index (χ2n) is 7.22. The van der Waals surface area contributed by atoms with Crippen LogP contribution < -0.4 is 14.4 Å². The summed E-state index contributed by atoms with van der Waals surface area (Å²) >= 11 is 1.77. The third kappa shape index (κ3) is 5.11. The minimum atomic E-state index is 0.102. The first kappa shape index (κ1) is 19.8. The molecule has 0 amide bonds. The molecule has 152 valence electrons. The van der Waals surface area contributed by atoms with Crippen LogP contribution >= 0.6 is 11.3 Å². The Balaban J connectivity index is 1.33. The number of thiophene rings is 1. The summed E-state index contributed by atoms with van der Waals surface area (Å²) in [5.74, 6) is 1.89. The smallest absolute Gasteiger partial charge is 0.142 e. The van der Waals surface area contributed by atoms with Crippen molar-refractivity contribution in [1.82, 2.24) is 4.90 Å². The van der Waals surface area contributed by atoms with E-state index in [1.54, 1.807) is 18.4 Å². The van der Waals surface area contributed by atoms with Crippen molar-refractivity contribution < 1.29 is 9.47 Å². The van der Waals surface area contributed by atoms with E-state index >= 15 is 0 Å². The van der Waals surface area contributed by atoms with Gasteiger partial charge < -0.3 is 14.4 Å². The summed E-state index contributed by atoms with van der Waals surface area (Å²) in [4.78, 5) is 6.26. The lowest BCUT2D eigenvalue weighted by molar-refractivity contribution is 0.162. The number of piperazine rings is 1. The number of methoxy groups -OCH3 is 1. The van der Waals surface area contributed by atoms with Crippen LogP contribution in [-0.4, -0.2) is 44.7 Å². The normalized spacial score (nSPS) is 15.8. The van der Waals surface area contributed by atoms with Gasteiger partial charge in [0, 0.05) is 44.0 Å². The topological polar surface area (TPSA) is 24.9 Å². The lowest BCUT2D eigenvalue weighted by Crippen LogP contribution is -2.47. The second-order valence-corrected chi connectivity index (χ2v) is 8.20. The SMILES string of the molecule is COc1ccccc1N1CCN(CCC(Oc2ccccc2)c2cccs2)CC1. The van der Waals surface area contributed by atoms with Gasteiger partial charge in [-0.3, -0.25) is 4.90 Å². The van der Waals surface area contributed by atoms with E-state index in [4.69, 9.17) is 9.47 Å². The monoisotopic (exact) mass is 408 g/mol. The van der Waals surface area contributed by atoms with Crippen molar-refractivity contribution in [3.05, 3.63) is 77.0 Å². The molecule has 2 heterocycles. The fourth-order valence-corrected chi connectivity index (χ4v) is 4.59. The Morgan fingerprint density at radius 3 is 2.38 bits per heavy atom. The van der Waals surface area contributed by atoms with Gasteiger partial charge in [-0.1, -0.05) is 36.4 Å². The van der Waals surface area contributed by atoms with Gasteiger partial charge in [-0.2, -0.15) is 0 Å². The Morgan fingerprint density at radius 1 is 0.897 bits per heavy atom. The van der Waals surface area contributed by atoms with Crippen molar-refractivity contribution >= 4 is 17.0 Å². The van der Waals surface area contributed by atoms with Crippen molar-refractivity contribution in [1.29, 1.82) is 0 Å². The van der Waals surface area contributed by atoms with Crippen LogP contribution in [0.4, 0.5) is 5.69 Å². The number of hydrogen-bond donors (Lipinski definition) is 0. The lowest BCUT2D eigenvalue weighted by atomic mass is 10.1. The van der Waals surface area contributed by atoms with Gasteiger partial charge in [0.05, 0.1) is 12.8 Å². The van der Waals surface area contributed by atoms with E-state index in [9.17, 15) is 0 Å². The van der Waals surface area contributed by atoms with E-state index in [0.717, 1.165) is 50.6 Å². The zero-order valence-corrected chi connectivity index (χ0v) is 17.7. The van der Waals surface area contributed by atoms with Crippen molar-refractivity contribution in [3.8, 4) is 11.5 Å². The Hall–Kier alpha value is -2.50. The number of rotatable bonds is 8. The van der Waals surface area contributed by atoms with Crippen LogP contribution in [0.15, 0.2) is 72.1 Å². The number of para-hydroxylation sites is 3. The molecule has 4 rings (SSSR count). The zero-order chi connectivity index (χ0) is 19.9. The standard InChI is InChI=1S/C24H28N2O2S/c1-27-22-11-6-5-10-21(22)26-17-15-25(16-18-26)14-13-23(24-12-7-19-29-24)28-20-8-3-2-4-9-20/h2-12,19,23H,13-18H2,1H3. The molecule has 0 aliphatic carbocycles. The summed E-state index contributed by atoms with van der Waals surface area (Å²) in [5.41, 5.74) is 1.19. The largest absolute Gasteiger partial charge is 0.495 e. The van der Waals surface area contributed by atoms with Gasteiger partial charge in [0.2, 0.25) is 0 Å². The van der Waals surface area contributed by atoms with Crippen molar-refractivity contribution in [2.75, 3.05) is 44.7 Å². The number of anilines is 1. The second kappa shape index (κ2) is 9.81. The maximum Gasteiger partial charge on any atom is 0.142 e. The predicted molar refractivity (Wildman–Crippen MR) is 120 cm³/mol. The van der Waals surface area contributed by atoms with Crippen LogP contribution in [0.5, 0.6) is 11.5 Å². The molecule has 0 radical (unpaired) electrons. The molecule has 1 aromatic heterocycles. The molecule has 1 unspecified atom stereocenters. The maximum atomic E-state index is 6.33. The molecule has 4 nitrogen and oxygen atoms in total. The average molecular weight is 409 g/mol. The Bertz CT molecular complexity index is 862. The minimum absolute atomic E-state index is 0.102. The molecular weight excluding hydrogens is 380 g/mol. The highest BCUT2D eigenvalue weighted by Gasteiger charge is 2.22. The van der Waals surface area contributed by atoms with Crippen LogP contribution in [0.25, 0.3) is 0 Å². The molecule has 1 aliphatic rings. The van der Waals surface area contributed by atoms with Crippen LogP contribution in [-0.2, 0) is 0 Å².